The van der Waals surface area contributed by atoms with Gasteiger partial charge in [-0.05, 0) is 32.2 Å². The van der Waals surface area contributed by atoms with E-state index in [1.165, 1.54) is 0 Å². The summed E-state index contributed by atoms with van der Waals surface area (Å²) in [6.07, 6.45) is 1.84. The predicted molar refractivity (Wildman–Crippen MR) is 71.5 cm³/mol. The Morgan fingerprint density at radius 3 is 2.94 bits per heavy atom. The fourth-order valence-corrected chi connectivity index (χ4v) is 4.54. The number of sulfone groups is 1. The van der Waals surface area contributed by atoms with Crippen molar-refractivity contribution in [2.75, 3.05) is 37.8 Å². The second-order valence-electron chi connectivity index (χ2n) is 5.54. The molecule has 0 saturated carbocycles. The highest BCUT2D eigenvalue weighted by Crippen LogP contribution is 2.17. The zero-order valence-electron chi connectivity index (χ0n) is 11.0. The summed E-state index contributed by atoms with van der Waals surface area (Å²) >= 11 is 0. The van der Waals surface area contributed by atoms with Gasteiger partial charge in [0.1, 0.15) is 0 Å². The number of hydrogen-bond acceptors (Lipinski definition) is 5. The number of nitrogens with one attached hydrogen (secondary N) is 2. The highest BCUT2D eigenvalue weighted by Gasteiger charge is 2.28. The first-order valence-corrected chi connectivity index (χ1v) is 8.62. The van der Waals surface area contributed by atoms with Crippen LogP contribution in [0.4, 0.5) is 0 Å². The summed E-state index contributed by atoms with van der Waals surface area (Å²) in [5, 5.41) is 6.88. The van der Waals surface area contributed by atoms with Crippen LogP contribution in [0.25, 0.3) is 0 Å². The topological polar surface area (TPSA) is 67.4 Å². The summed E-state index contributed by atoms with van der Waals surface area (Å²) in [4.78, 5) is 0. The Balaban J connectivity index is 1.64. The molecule has 2 rings (SSSR count). The Labute approximate surface area is 110 Å². The standard InChI is InChI=1S/C12H24N2O3S/c1-10(6-12-8-17-4-3-13-12)14-7-11-2-5-18(15,16)9-11/h10-14H,2-9H2,1H3. The summed E-state index contributed by atoms with van der Waals surface area (Å²) in [6, 6.07) is 0.820. The van der Waals surface area contributed by atoms with Crippen LogP contribution in [0.15, 0.2) is 0 Å². The molecule has 18 heavy (non-hydrogen) atoms. The van der Waals surface area contributed by atoms with Crippen molar-refractivity contribution in [1.29, 1.82) is 0 Å². The van der Waals surface area contributed by atoms with Crippen molar-refractivity contribution in [2.24, 2.45) is 5.92 Å². The Morgan fingerprint density at radius 2 is 2.33 bits per heavy atom. The maximum absolute atomic E-state index is 11.3. The van der Waals surface area contributed by atoms with Crippen LogP contribution in [0.2, 0.25) is 0 Å². The lowest BCUT2D eigenvalue weighted by Gasteiger charge is -2.27. The molecule has 6 heteroatoms. The van der Waals surface area contributed by atoms with Gasteiger partial charge in [-0.1, -0.05) is 0 Å². The Bertz CT molecular complexity index is 352. The van der Waals surface area contributed by atoms with Gasteiger partial charge >= 0.3 is 0 Å². The van der Waals surface area contributed by atoms with E-state index in [1.54, 1.807) is 0 Å². The van der Waals surface area contributed by atoms with Crippen molar-refractivity contribution in [2.45, 2.75) is 31.8 Å². The molecule has 2 heterocycles. The molecule has 2 aliphatic rings. The molecule has 0 bridgehead atoms. The van der Waals surface area contributed by atoms with Crippen molar-refractivity contribution in [3.05, 3.63) is 0 Å². The highest BCUT2D eigenvalue weighted by atomic mass is 32.2. The monoisotopic (exact) mass is 276 g/mol. The van der Waals surface area contributed by atoms with Crippen LogP contribution in [0, 0.1) is 5.92 Å². The molecule has 2 N–H and O–H groups in total. The Hall–Kier alpha value is -0.170. The average Bonchev–Trinajstić information content (AvgIpc) is 2.68. The van der Waals surface area contributed by atoms with Gasteiger partial charge in [-0.3, -0.25) is 0 Å². The van der Waals surface area contributed by atoms with Crippen LogP contribution in [0.1, 0.15) is 19.8 Å². The minimum absolute atomic E-state index is 0.299. The first-order valence-electron chi connectivity index (χ1n) is 6.80. The van der Waals surface area contributed by atoms with Crippen molar-refractivity contribution in [3.63, 3.8) is 0 Å². The van der Waals surface area contributed by atoms with E-state index in [1.807, 2.05) is 0 Å². The van der Waals surface area contributed by atoms with Crippen LogP contribution >= 0.6 is 0 Å². The van der Waals surface area contributed by atoms with Gasteiger partial charge in [0.15, 0.2) is 9.84 Å². The number of ether oxygens (including phenoxy) is 1. The van der Waals surface area contributed by atoms with E-state index in [4.69, 9.17) is 4.74 Å². The van der Waals surface area contributed by atoms with E-state index in [2.05, 4.69) is 17.6 Å². The molecule has 0 aromatic carbocycles. The molecule has 2 fully saturated rings. The van der Waals surface area contributed by atoms with Gasteiger partial charge in [0.05, 0.1) is 24.7 Å². The van der Waals surface area contributed by atoms with Crippen molar-refractivity contribution < 1.29 is 13.2 Å². The van der Waals surface area contributed by atoms with Gasteiger partial charge in [-0.15, -0.1) is 0 Å². The van der Waals surface area contributed by atoms with E-state index in [9.17, 15) is 8.42 Å². The average molecular weight is 276 g/mol. The molecule has 0 radical (unpaired) electrons. The lowest BCUT2D eigenvalue weighted by Crippen LogP contribution is -2.45. The zero-order chi connectivity index (χ0) is 13.0. The maximum atomic E-state index is 11.3. The van der Waals surface area contributed by atoms with Gasteiger partial charge in [-0.25, -0.2) is 8.42 Å². The molecule has 3 unspecified atom stereocenters. The molecule has 0 amide bonds. The zero-order valence-corrected chi connectivity index (χ0v) is 11.8. The second kappa shape index (κ2) is 6.32. The fourth-order valence-electron chi connectivity index (χ4n) is 2.68. The lowest BCUT2D eigenvalue weighted by molar-refractivity contribution is 0.0711. The van der Waals surface area contributed by atoms with Crippen LogP contribution in [-0.4, -0.2) is 58.3 Å². The SMILES string of the molecule is CC(CC1COCCN1)NCC1CCS(=O)(=O)C1. The molecular formula is C12H24N2O3S. The summed E-state index contributed by atoms with van der Waals surface area (Å²) in [5.41, 5.74) is 0. The van der Waals surface area contributed by atoms with Gasteiger partial charge in [0.25, 0.3) is 0 Å². The van der Waals surface area contributed by atoms with E-state index in [0.717, 1.165) is 39.1 Å². The molecular weight excluding hydrogens is 252 g/mol. The third-order valence-corrected chi connectivity index (χ3v) is 5.56. The third-order valence-electron chi connectivity index (χ3n) is 3.72. The minimum atomic E-state index is -2.74. The minimum Gasteiger partial charge on any atom is -0.379 e. The fraction of sp³-hybridized carbons (Fsp3) is 1.00. The Morgan fingerprint density at radius 1 is 1.50 bits per heavy atom. The maximum Gasteiger partial charge on any atom is 0.150 e. The van der Waals surface area contributed by atoms with Crippen molar-refractivity contribution in [1.82, 2.24) is 10.6 Å². The predicted octanol–water partition coefficient (Wildman–Crippen LogP) is -0.222. The molecule has 3 atom stereocenters. The van der Waals surface area contributed by atoms with Gasteiger partial charge in [-0.2, -0.15) is 0 Å². The quantitative estimate of drug-likeness (QED) is 0.726. The summed E-state index contributed by atoms with van der Waals surface area (Å²) < 4.78 is 28.1. The summed E-state index contributed by atoms with van der Waals surface area (Å²) in [6.45, 7) is 5.48. The van der Waals surface area contributed by atoms with Crippen molar-refractivity contribution in [3.8, 4) is 0 Å². The Kier molecular flexibility index (Phi) is 5.00. The van der Waals surface area contributed by atoms with E-state index in [0.29, 0.717) is 29.5 Å². The van der Waals surface area contributed by atoms with Crippen LogP contribution in [0.3, 0.4) is 0 Å². The first kappa shape index (κ1) is 14.2. The molecule has 0 aromatic rings. The van der Waals surface area contributed by atoms with Crippen LogP contribution in [-0.2, 0) is 14.6 Å². The molecule has 5 nitrogen and oxygen atoms in total. The molecule has 0 aliphatic carbocycles. The van der Waals surface area contributed by atoms with Crippen molar-refractivity contribution >= 4 is 9.84 Å². The lowest BCUT2D eigenvalue weighted by atomic mass is 10.1. The first-order chi connectivity index (χ1) is 8.55. The largest absolute Gasteiger partial charge is 0.379 e. The highest BCUT2D eigenvalue weighted by molar-refractivity contribution is 7.91. The third kappa shape index (κ3) is 4.50. The van der Waals surface area contributed by atoms with Crippen LogP contribution < -0.4 is 10.6 Å². The number of morpholine rings is 1. The number of hydrogen-bond donors (Lipinski definition) is 2. The second-order valence-corrected chi connectivity index (χ2v) is 7.77. The van der Waals surface area contributed by atoms with Gasteiger partial charge in [0, 0.05) is 18.6 Å². The van der Waals surface area contributed by atoms with E-state index in [-0.39, 0.29) is 0 Å². The molecule has 0 aromatic heterocycles. The smallest absolute Gasteiger partial charge is 0.150 e. The van der Waals surface area contributed by atoms with Gasteiger partial charge in [0.2, 0.25) is 0 Å². The molecule has 2 saturated heterocycles. The molecule has 2 aliphatic heterocycles. The van der Waals surface area contributed by atoms with E-state index >= 15 is 0 Å². The van der Waals surface area contributed by atoms with Gasteiger partial charge < -0.3 is 15.4 Å². The van der Waals surface area contributed by atoms with Crippen LogP contribution in [0.5, 0.6) is 0 Å². The summed E-state index contributed by atoms with van der Waals surface area (Å²) in [7, 11) is -2.74. The number of rotatable bonds is 5. The normalized spacial score (nSPS) is 33.4. The van der Waals surface area contributed by atoms with E-state index < -0.39 is 9.84 Å². The molecule has 0 spiro atoms. The summed E-state index contributed by atoms with van der Waals surface area (Å²) in [5.74, 6) is 1.02. The molecule has 106 valence electrons.